The Kier molecular flexibility index (Phi) is 6.68. The van der Waals surface area contributed by atoms with Gasteiger partial charge >= 0.3 is 0 Å². The van der Waals surface area contributed by atoms with Crippen LogP contribution in [-0.2, 0) is 0 Å². The van der Waals surface area contributed by atoms with Crippen LogP contribution in [0.3, 0.4) is 0 Å². The molecule has 0 saturated carbocycles. The molecule has 0 radical (unpaired) electrons. The number of nitrogens with zero attached hydrogens (tertiary/aromatic N) is 4. The quantitative estimate of drug-likeness (QED) is 0.745. The monoisotopic (exact) mass is 391 g/mol. The first kappa shape index (κ1) is 19.6. The highest BCUT2D eigenvalue weighted by atomic mass is 35.5. The van der Waals surface area contributed by atoms with Crippen molar-refractivity contribution in [2.45, 2.75) is 32.7 Å². The molecule has 1 unspecified atom stereocenters. The maximum atomic E-state index is 12.8. The summed E-state index contributed by atoms with van der Waals surface area (Å²) in [5.41, 5.74) is 0.214. The number of furan rings is 1. The molecule has 0 spiro atoms. The van der Waals surface area contributed by atoms with E-state index in [1.165, 1.54) is 6.20 Å². The molecule has 1 saturated heterocycles. The number of anilines is 1. The van der Waals surface area contributed by atoms with E-state index in [1.54, 1.807) is 6.26 Å². The molecule has 3 heterocycles. The van der Waals surface area contributed by atoms with Gasteiger partial charge in [0.05, 0.1) is 23.5 Å². The minimum absolute atomic E-state index is 0.0439. The molecule has 8 heteroatoms. The Hall–Kier alpha value is -2.12. The molecule has 0 aromatic carbocycles. The molecule has 1 atom stereocenters. The molecule has 7 nitrogen and oxygen atoms in total. The summed E-state index contributed by atoms with van der Waals surface area (Å²) in [6.07, 6.45) is 5.38. The van der Waals surface area contributed by atoms with E-state index < -0.39 is 0 Å². The number of carbonyl (C=O) groups excluding carboxylic acids is 1. The molecule has 1 N–H and O–H groups in total. The number of likely N-dealkylation sites (N-methyl/N-ethyl adjacent to an activating group) is 1. The minimum Gasteiger partial charge on any atom is -0.468 e. The van der Waals surface area contributed by atoms with Gasteiger partial charge in [0.15, 0.2) is 5.69 Å². The van der Waals surface area contributed by atoms with E-state index >= 15 is 0 Å². The van der Waals surface area contributed by atoms with Crippen molar-refractivity contribution >= 4 is 23.5 Å². The van der Waals surface area contributed by atoms with Crippen molar-refractivity contribution in [3.8, 4) is 0 Å². The lowest BCUT2D eigenvalue weighted by atomic mass is 10.2. The lowest BCUT2D eigenvalue weighted by molar-refractivity contribution is 0.0925. The molecule has 2 aromatic rings. The van der Waals surface area contributed by atoms with E-state index in [-0.39, 0.29) is 22.7 Å². The molecule has 3 rings (SSSR count). The molecule has 146 valence electrons. The average Bonchev–Trinajstić information content (AvgIpc) is 3.39. The fourth-order valence-electron chi connectivity index (χ4n) is 3.41. The summed E-state index contributed by atoms with van der Waals surface area (Å²) in [7, 11) is 0. The smallest absolute Gasteiger partial charge is 0.271 e. The number of nitrogens with one attached hydrogen (secondary N) is 1. The molecular weight excluding hydrogens is 366 g/mol. The minimum atomic E-state index is -0.299. The second-order valence-electron chi connectivity index (χ2n) is 6.52. The number of rotatable bonds is 8. The Morgan fingerprint density at radius 3 is 2.74 bits per heavy atom. The Bertz CT molecular complexity index is 743. The van der Waals surface area contributed by atoms with Crippen LogP contribution < -0.4 is 10.2 Å². The van der Waals surface area contributed by atoms with E-state index in [4.69, 9.17) is 16.0 Å². The van der Waals surface area contributed by atoms with Crippen LogP contribution in [0.5, 0.6) is 0 Å². The van der Waals surface area contributed by atoms with Crippen molar-refractivity contribution in [3.63, 3.8) is 0 Å². The first-order valence-electron chi connectivity index (χ1n) is 9.47. The van der Waals surface area contributed by atoms with Gasteiger partial charge in [0.2, 0.25) is 5.95 Å². The van der Waals surface area contributed by atoms with Gasteiger partial charge < -0.3 is 14.6 Å². The predicted octanol–water partition coefficient (Wildman–Crippen LogP) is 3.14. The summed E-state index contributed by atoms with van der Waals surface area (Å²) >= 11 is 6.20. The van der Waals surface area contributed by atoms with Gasteiger partial charge in [-0.3, -0.25) is 9.69 Å². The van der Waals surface area contributed by atoms with Gasteiger partial charge in [-0.25, -0.2) is 9.97 Å². The number of aromatic nitrogens is 2. The summed E-state index contributed by atoms with van der Waals surface area (Å²) in [5.74, 6) is 1.09. The topological polar surface area (TPSA) is 74.5 Å². The third-order valence-electron chi connectivity index (χ3n) is 4.92. The van der Waals surface area contributed by atoms with Crippen molar-refractivity contribution in [3.05, 3.63) is 41.1 Å². The Morgan fingerprint density at radius 2 is 2.11 bits per heavy atom. The Morgan fingerprint density at radius 1 is 1.37 bits per heavy atom. The number of halogens is 1. The zero-order valence-electron chi connectivity index (χ0n) is 15.8. The van der Waals surface area contributed by atoms with Crippen LogP contribution >= 0.6 is 11.6 Å². The Balaban J connectivity index is 1.73. The lowest BCUT2D eigenvalue weighted by Crippen LogP contribution is -2.38. The van der Waals surface area contributed by atoms with E-state index in [0.717, 1.165) is 44.8 Å². The van der Waals surface area contributed by atoms with Gasteiger partial charge in [0, 0.05) is 19.6 Å². The molecule has 27 heavy (non-hydrogen) atoms. The van der Waals surface area contributed by atoms with Gasteiger partial charge in [-0.2, -0.15) is 0 Å². The van der Waals surface area contributed by atoms with Crippen molar-refractivity contribution in [1.29, 1.82) is 0 Å². The van der Waals surface area contributed by atoms with Crippen LogP contribution in [0.1, 0.15) is 49.0 Å². The predicted molar refractivity (Wildman–Crippen MR) is 105 cm³/mol. The zero-order valence-corrected chi connectivity index (χ0v) is 16.6. The van der Waals surface area contributed by atoms with E-state index in [1.807, 2.05) is 12.1 Å². The second kappa shape index (κ2) is 9.19. The maximum absolute atomic E-state index is 12.8. The van der Waals surface area contributed by atoms with E-state index in [0.29, 0.717) is 12.5 Å². The molecule has 1 aliphatic heterocycles. The zero-order chi connectivity index (χ0) is 19.2. The molecule has 0 aliphatic carbocycles. The van der Waals surface area contributed by atoms with Crippen LogP contribution in [0.25, 0.3) is 0 Å². The van der Waals surface area contributed by atoms with Crippen LogP contribution in [0, 0.1) is 0 Å². The van der Waals surface area contributed by atoms with Crippen LogP contribution in [0.4, 0.5) is 5.95 Å². The highest BCUT2D eigenvalue weighted by molar-refractivity contribution is 6.33. The Labute approximate surface area is 164 Å². The summed E-state index contributed by atoms with van der Waals surface area (Å²) < 4.78 is 5.58. The first-order chi connectivity index (χ1) is 13.1. The molecule has 0 bridgehead atoms. The van der Waals surface area contributed by atoms with Gasteiger partial charge in [-0.1, -0.05) is 25.4 Å². The average molecular weight is 392 g/mol. The highest BCUT2D eigenvalue weighted by Gasteiger charge is 2.24. The summed E-state index contributed by atoms with van der Waals surface area (Å²) in [6, 6.07) is 3.74. The van der Waals surface area contributed by atoms with E-state index in [9.17, 15) is 4.79 Å². The third-order valence-corrected chi connectivity index (χ3v) is 5.19. The normalized spacial score (nSPS) is 15.3. The maximum Gasteiger partial charge on any atom is 0.271 e. The van der Waals surface area contributed by atoms with Crippen LogP contribution in [0.2, 0.25) is 5.02 Å². The molecule has 1 fully saturated rings. The standard InChI is InChI=1S/C19H26ClN5O2/c1-3-24(4-2)15(16-8-7-11-27-16)13-21-18(26)17-14(20)12-22-19(23-17)25-9-5-6-10-25/h7-8,11-12,15H,3-6,9-10,13H2,1-2H3,(H,21,26). The lowest BCUT2D eigenvalue weighted by Gasteiger charge is -2.28. The highest BCUT2D eigenvalue weighted by Crippen LogP contribution is 2.22. The molecule has 1 aliphatic rings. The first-order valence-corrected chi connectivity index (χ1v) is 9.85. The van der Waals surface area contributed by atoms with Crippen molar-refractivity contribution in [2.24, 2.45) is 0 Å². The van der Waals surface area contributed by atoms with Gasteiger partial charge in [0.1, 0.15) is 5.76 Å². The van der Waals surface area contributed by atoms with E-state index in [2.05, 4.69) is 38.9 Å². The number of amides is 1. The van der Waals surface area contributed by atoms with Gasteiger partial charge in [-0.15, -0.1) is 0 Å². The fourth-order valence-corrected chi connectivity index (χ4v) is 3.59. The molecule has 2 aromatic heterocycles. The SMILES string of the molecule is CCN(CC)C(CNC(=O)c1nc(N2CCCC2)ncc1Cl)c1ccco1. The van der Waals surface area contributed by atoms with Gasteiger partial charge in [-0.05, 0) is 38.1 Å². The molecular formula is C19H26ClN5O2. The van der Waals surface area contributed by atoms with Gasteiger partial charge in [0.25, 0.3) is 5.91 Å². The largest absolute Gasteiger partial charge is 0.468 e. The van der Waals surface area contributed by atoms with Crippen molar-refractivity contribution in [2.75, 3.05) is 37.6 Å². The van der Waals surface area contributed by atoms with Crippen LogP contribution in [0.15, 0.2) is 29.0 Å². The molecule has 1 amide bonds. The van der Waals surface area contributed by atoms with Crippen molar-refractivity contribution < 1.29 is 9.21 Å². The van der Waals surface area contributed by atoms with Crippen molar-refractivity contribution in [1.82, 2.24) is 20.2 Å². The summed E-state index contributed by atoms with van der Waals surface area (Å²) in [5, 5.41) is 3.22. The second-order valence-corrected chi connectivity index (χ2v) is 6.93. The summed E-state index contributed by atoms with van der Waals surface area (Å²) in [6.45, 7) is 8.11. The third kappa shape index (κ3) is 4.59. The number of hydrogen-bond donors (Lipinski definition) is 1. The number of carbonyl (C=O) groups is 1. The number of hydrogen-bond acceptors (Lipinski definition) is 6. The summed E-state index contributed by atoms with van der Waals surface area (Å²) in [4.78, 5) is 25.8. The fraction of sp³-hybridized carbons (Fsp3) is 0.526. The van der Waals surface area contributed by atoms with Crippen LogP contribution in [-0.4, -0.2) is 53.5 Å².